The predicted molar refractivity (Wildman–Crippen MR) is 102 cm³/mol. The minimum atomic E-state index is -0.963. The molecule has 0 spiro atoms. The van der Waals surface area contributed by atoms with Crippen LogP contribution in [0.15, 0.2) is 6.20 Å². The summed E-state index contributed by atoms with van der Waals surface area (Å²) < 4.78 is 0. The number of thiazole rings is 1. The molecule has 2 aromatic heterocycles. The minimum absolute atomic E-state index is 0. The Balaban J connectivity index is 0.00000196. The number of fused-ring (bicyclic) bond motifs is 1. The number of H-pyrrole nitrogens is 1. The van der Waals surface area contributed by atoms with Gasteiger partial charge in [-0.15, -0.1) is 0 Å². The van der Waals surface area contributed by atoms with E-state index in [1.807, 2.05) is 0 Å². The monoisotopic (exact) mass is 408 g/mol. The van der Waals surface area contributed by atoms with Crippen LogP contribution in [0.4, 0.5) is 5.13 Å². The number of halogens is 2. The van der Waals surface area contributed by atoms with E-state index in [4.69, 9.17) is 28.3 Å². The van der Waals surface area contributed by atoms with Crippen molar-refractivity contribution in [2.75, 3.05) is 18.0 Å². The fourth-order valence-electron chi connectivity index (χ4n) is 3.36. The summed E-state index contributed by atoms with van der Waals surface area (Å²) in [5.41, 5.74) is 0.953. The van der Waals surface area contributed by atoms with Gasteiger partial charge >= 0.3 is 24.8 Å². The second kappa shape index (κ2) is 7.10. The summed E-state index contributed by atoms with van der Waals surface area (Å²) in [6.45, 7) is 3.26. The quantitative estimate of drug-likeness (QED) is 0.672. The molecule has 2 fully saturated rings. The molecule has 0 aromatic carbocycles. The van der Waals surface area contributed by atoms with Gasteiger partial charge in [0, 0.05) is 36.7 Å². The normalized spacial score (nSPS) is 23.3. The molecule has 0 radical (unpaired) electrons. The molecule has 7 nitrogen and oxygen atoms in total. The van der Waals surface area contributed by atoms with Gasteiger partial charge in [-0.25, -0.2) is 9.78 Å². The number of carboxylic acids is 1. The van der Waals surface area contributed by atoms with Crippen LogP contribution >= 0.6 is 34.5 Å². The topological polar surface area (TPSA) is 98.3 Å². The van der Waals surface area contributed by atoms with Gasteiger partial charge in [0.2, 0.25) is 0 Å². The number of aryl methyl sites for hydroxylation is 1. The summed E-state index contributed by atoms with van der Waals surface area (Å²) in [5.74, 6) is -0.541. The van der Waals surface area contributed by atoms with Crippen molar-refractivity contribution in [3.8, 4) is 0 Å². The van der Waals surface area contributed by atoms with Gasteiger partial charge in [-0.1, -0.05) is 34.5 Å². The molecule has 1 saturated heterocycles. The van der Waals surface area contributed by atoms with Gasteiger partial charge in [0.15, 0.2) is 5.13 Å². The molecule has 2 aromatic rings. The number of aromatic nitrogens is 2. The molecule has 3 heterocycles. The van der Waals surface area contributed by atoms with Crippen LogP contribution in [0, 0.1) is 18.8 Å². The summed E-state index contributed by atoms with van der Waals surface area (Å²) in [6, 6.07) is 0.0982. The molecule has 1 aliphatic heterocycles. The van der Waals surface area contributed by atoms with Gasteiger partial charge in [0.25, 0.3) is 5.91 Å². The third-order valence-corrected chi connectivity index (χ3v) is 6.74. The molecule has 1 aliphatic carbocycles. The van der Waals surface area contributed by atoms with Gasteiger partial charge < -0.3 is 20.3 Å². The van der Waals surface area contributed by atoms with E-state index in [0.717, 1.165) is 13.1 Å². The van der Waals surface area contributed by atoms with Crippen LogP contribution in [0.2, 0.25) is 10.0 Å². The number of aromatic amines is 1. The summed E-state index contributed by atoms with van der Waals surface area (Å²) in [7, 11) is 0. The van der Waals surface area contributed by atoms with E-state index in [1.165, 1.54) is 17.5 Å². The first kappa shape index (κ1) is 19.6. The number of hydrogen-bond donors (Lipinski definition) is 3. The molecule has 2 aliphatic rings. The predicted octanol–water partition coefficient (Wildman–Crippen LogP) is 2.00. The van der Waals surface area contributed by atoms with Crippen molar-refractivity contribution < 1.29 is 14.7 Å². The number of carboxylic acid groups (broad SMARTS) is 1. The van der Waals surface area contributed by atoms with Crippen LogP contribution in [0.1, 0.15) is 25.9 Å². The van der Waals surface area contributed by atoms with E-state index in [9.17, 15) is 9.59 Å². The molecule has 0 unspecified atom stereocenters. The summed E-state index contributed by atoms with van der Waals surface area (Å²) in [6.07, 6.45) is 1.38. The van der Waals surface area contributed by atoms with Crippen LogP contribution < -0.4 is 10.2 Å². The number of aromatic carboxylic acids is 1. The van der Waals surface area contributed by atoms with Crippen LogP contribution in [0.25, 0.3) is 0 Å². The zero-order valence-electron chi connectivity index (χ0n) is 13.0. The zero-order chi connectivity index (χ0) is 17.9. The van der Waals surface area contributed by atoms with Crippen molar-refractivity contribution in [3.63, 3.8) is 0 Å². The van der Waals surface area contributed by atoms with E-state index in [-0.39, 0.29) is 46.4 Å². The number of hydrogen-bond acceptors (Lipinski definition) is 5. The standard InChI is InChI=1S/C15H14Cl2N4O3S.Li.H/c1-5-9(16)10(17)12(19-5)13(22)20-11-6-3-21(4-7(6)11)15-18-2-8(25-15)14(23)24;;/h2,6-7,11,19H,3-4H2,1H3,(H,20,22)(H,23,24);;/t6-,7+,11+;;. The molecule has 1 saturated carbocycles. The third-order valence-electron chi connectivity index (χ3n) is 4.75. The molecular formula is C15H15Cl2LiN4O3S. The number of carbonyl (C=O) groups is 2. The van der Waals surface area contributed by atoms with Crippen molar-refractivity contribution in [1.82, 2.24) is 15.3 Å². The average molecular weight is 409 g/mol. The number of anilines is 1. The summed E-state index contributed by atoms with van der Waals surface area (Å²) >= 11 is 13.3. The van der Waals surface area contributed by atoms with Crippen molar-refractivity contribution in [2.45, 2.75) is 13.0 Å². The Morgan fingerprint density at radius 1 is 1.35 bits per heavy atom. The first-order valence-electron chi connectivity index (χ1n) is 7.65. The van der Waals surface area contributed by atoms with Crippen molar-refractivity contribution >= 4 is 70.4 Å². The third kappa shape index (κ3) is 3.25. The van der Waals surface area contributed by atoms with E-state index in [2.05, 4.69) is 20.2 Å². The van der Waals surface area contributed by atoms with Crippen LogP contribution in [0.5, 0.6) is 0 Å². The first-order chi connectivity index (χ1) is 11.9. The van der Waals surface area contributed by atoms with Gasteiger partial charge in [-0.05, 0) is 6.92 Å². The van der Waals surface area contributed by atoms with Crippen molar-refractivity contribution in [2.24, 2.45) is 11.8 Å². The summed E-state index contributed by atoms with van der Waals surface area (Å²) in [4.78, 5) is 32.7. The van der Waals surface area contributed by atoms with E-state index < -0.39 is 5.97 Å². The Labute approximate surface area is 175 Å². The Kier molecular flexibility index (Phi) is 5.35. The second-order valence-electron chi connectivity index (χ2n) is 6.30. The molecule has 1 amide bonds. The Bertz CT molecular complexity index is 874. The Morgan fingerprint density at radius 3 is 2.50 bits per heavy atom. The fraction of sp³-hybridized carbons (Fsp3) is 0.400. The molecule has 4 rings (SSSR count). The maximum absolute atomic E-state index is 12.4. The van der Waals surface area contributed by atoms with Crippen LogP contribution in [0.3, 0.4) is 0 Å². The maximum atomic E-state index is 12.4. The van der Waals surface area contributed by atoms with Gasteiger partial charge in [-0.2, -0.15) is 0 Å². The average Bonchev–Trinajstić information content (AvgIpc) is 3.02. The SMILES string of the molecule is Cc1[nH]c(C(=O)N[C@H]2[C@@H]3CN(c4ncc(C(=O)O)s4)C[C@@H]32)c(Cl)c1Cl.[LiH]. The second-order valence-corrected chi connectivity index (χ2v) is 8.06. The molecular weight excluding hydrogens is 394 g/mol. The van der Waals surface area contributed by atoms with Gasteiger partial charge in [0.1, 0.15) is 10.6 Å². The van der Waals surface area contributed by atoms with Crippen LogP contribution in [-0.4, -0.2) is 64.9 Å². The van der Waals surface area contributed by atoms with E-state index in [0.29, 0.717) is 27.7 Å². The van der Waals surface area contributed by atoms with Gasteiger partial charge in [0.05, 0.1) is 16.2 Å². The molecule has 3 atom stereocenters. The summed E-state index contributed by atoms with van der Waals surface area (Å²) in [5, 5.41) is 13.3. The van der Waals surface area contributed by atoms with E-state index >= 15 is 0 Å². The molecule has 11 heteroatoms. The Hall–Kier alpha value is -1.17. The van der Waals surface area contributed by atoms with Crippen molar-refractivity contribution in [1.29, 1.82) is 0 Å². The first-order valence-corrected chi connectivity index (χ1v) is 9.22. The molecule has 134 valence electrons. The molecule has 0 bridgehead atoms. The van der Waals surface area contributed by atoms with Crippen molar-refractivity contribution in [3.05, 3.63) is 32.5 Å². The van der Waals surface area contributed by atoms with E-state index in [1.54, 1.807) is 6.92 Å². The number of nitrogens with one attached hydrogen (secondary N) is 2. The number of amides is 1. The molecule has 3 N–H and O–H groups in total. The number of piperidine rings is 1. The molecule has 26 heavy (non-hydrogen) atoms. The zero-order valence-corrected chi connectivity index (χ0v) is 15.4. The fourth-order valence-corrected chi connectivity index (χ4v) is 4.55. The number of rotatable bonds is 4. The van der Waals surface area contributed by atoms with Gasteiger partial charge in [-0.3, -0.25) is 4.79 Å². The Morgan fingerprint density at radius 2 is 2.00 bits per heavy atom. The number of carbonyl (C=O) groups excluding carboxylic acids is 1. The number of nitrogens with zero attached hydrogens (tertiary/aromatic N) is 2. The van der Waals surface area contributed by atoms with Crippen LogP contribution in [-0.2, 0) is 0 Å².